The summed E-state index contributed by atoms with van der Waals surface area (Å²) >= 11 is 0. The van der Waals surface area contributed by atoms with Crippen LogP contribution >= 0.6 is 0 Å². The van der Waals surface area contributed by atoms with Gasteiger partial charge in [0, 0.05) is 38.5 Å². The number of hydrogen-bond acceptors (Lipinski definition) is 8. The van der Waals surface area contributed by atoms with Crippen molar-refractivity contribution >= 4 is 23.4 Å². The van der Waals surface area contributed by atoms with Crippen LogP contribution in [-0.4, -0.2) is 50.8 Å². The van der Waals surface area contributed by atoms with Crippen molar-refractivity contribution in [2.24, 2.45) is 7.05 Å². The zero-order chi connectivity index (χ0) is 21.1. The average Bonchev–Trinajstić information content (AvgIpc) is 3.13. The number of nitrogens with zero attached hydrogens (tertiary/aromatic N) is 6. The topological polar surface area (TPSA) is 93.0 Å². The van der Waals surface area contributed by atoms with E-state index in [0.717, 1.165) is 12.3 Å². The van der Waals surface area contributed by atoms with E-state index in [0.29, 0.717) is 43.8 Å². The number of aryl methyl sites for hydroxylation is 1. The molecule has 1 saturated heterocycles. The second-order valence-corrected chi connectivity index (χ2v) is 6.97. The quantitative estimate of drug-likeness (QED) is 0.634. The number of morpholine rings is 1. The van der Waals surface area contributed by atoms with E-state index in [-0.39, 0.29) is 11.6 Å². The molecule has 3 aromatic heterocycles. The molecule has 11 heteroatoms. The third-order valence-corrected chi connectivity index (χ3v) is 4.60. The minimum absolute atomic E-state index is 0.0796. The maximum absolute atomic E-state index is 14.1. The molecule has 4 rings (SSSR count). The van der Waals surface area contributed by atoms with Crippen molar-refractivity contribution in [2.75, 3.05) is 41.8 Å². The molecule has 0 aliphatic carbocycles. The highest BCUT2D eigenvalue weighted by atomic mass is 19.1. The number of anilines is 4. The average molecular weight is 416 g/mol. The van der Waals surface area contributed by atoms with Crippen molar-refractivity contribution in [1.82, 2.24) is 24.5 Å². The molecule has 0 amide bonds. The summed E-state index contributed by atoms with van der Waals surface area (Å²) in [6, 6.07) is 2.06. The van der Waals surface area contributed by atoms with Crippen LogP contribution in [0.2, 0.25) is 0 Å². The number of hydrogen-bond donors (Lipinski definition) is 2. The molecule has 1 atom stereocenters. The Hall–Kier alpha value is -3.34. The highest BCUT2D eigenvalue weighted by Gasteiger charge is 2.18. The zero-order valence-corrected chi connectivity index (χ0v) is 16.6. The van der Waals surface area contributed by atoms with Gasteiger partial charge in [-0.2, -0.15) is 9.97 Å². The Morgan fingerprint density at radius 1 is 1.10 bits per heavy atom. The standard InChI is InChI=1S/C19H22F2N8O/c1-12(18-14(21)7-13(20)9-22-18)24-19-26-15(25-16-10-28(2)11-23-16)8-17(27-19)29-3-5-30-6-4-29/h7-12H,3-6H2,1-2H3,(H2,24,25,26,27)/t12-/m1/s1. The van der Waals surface area contributed by atoms with Crippen molar-refractivity contribution in [3.63, 3.8) is 0 Å². The molecule has 1 fully saturated rings. The zero-order valence-electron chi connectivity index (χ0n) is 16.6. The van der Waals surface area contributed by atoms with Crippen LogP contribution in [0.3, 0.4) is 0 Å². The Morgan fingerprint density at radius 2 is 1.90 bits per heavy atom. The first-order valence-electron chi connectivity index (χ1n) is 9.52. The second kappa shape index (κ2) is 8.57. The van der Waals surface area contributed by atoms with E-state index in [1.54, 1.807) is 13.3 Å². The molecule has 4 heterocycles. The van der Waals surface area contributed by atoms with E-state index < -0.39 is 17.7 Å². The molecule has 1 aliphatic heterocycles. The number of halogens is 2. The summed E-state index contributed by atoms with van der Waals surface area (Å²) < 4.78 is 34.5. The van der Waals surface area contributed by atoms with Gasteiger partial charge in [0.15, 0.2) is 0 Å². The van der Waals surface area contributed by atoms with Gasteiger partial charge >= 0.3 is 0 Å². The van der Waals surface area contributed by atoms with Gasteiger partial charge in [0.05, 0.1) is 37.5 Å². The molecule has 30 heavy (non-hydrogen) atoms. The molecule has 2 N–H and O–H groups in total. The third kappa shape index (κ3) is 4.62. The van der Waals surface area contributed by atoms with Crippen LogP contribution in [0.25, 0.3) is 0 Å². The number of rotatable bonds is 6. The summed E-state index contributed by atoms with van der Waals surface area (Å²) in [4.78, 5) is 19.2. The molecule has 0 bridgehead atoms. The van der Waals surface area contributed by atoms with Gasteiger partial charge in [-0.15, -0.1) is 0 Å². The molecule has 0 aromatic carbocycles. The predicted molar refractivity (Wildman–Crippen MR) is 108 cm³/mol. The van der Waals surface area contributed by atoms with Gasteiger partial charge in [-0.25, -0.2) is 13.8 Å². The minimum Gasteiger partial charge on any atom is -0.378 e. The van der Waals surface area contributed by atoms with Gasteiger partial charge < -0.3 is 24.8 Å². The van der Waals surface area contributed by atoms with E-state index in [1.807, 2.05) is 23.9 Å². The summed E-state index contributed by atoms with van der Waals surface area (Å²) in [5.74, 6) is 0.702. The summed E-state index contributed by atoms with van der Waals surface area (Å²) in [5, 5.41) is 6.21. The van der Waals surface area contributed by atoms with E-state index >= 15 is 0 Å². The molecule has 0 spiro atoms. The fourth-order valence-corrected chi connectivity index (χ4v) is 3.13. The van der Waals surface area contributed by atoms with Gasteiger partial charge in [0.2, 0.25) is 5.95 Å². The third-order valence-electron chi connectivity index (χ3n) is 4.60. The molecule has 0 saturated carbocycles. The number of ether oxygens (including phenoxy) is 1. The lowest BCUT2D eigenvalue weighted by molar-refractivity contribution is 0.122. The molecule has 1 aliphatic rings. The smallest absolute Gasteiger partial charge is 0.227 e. The first-order valence-corrected chi connectivity index (χ1v) is 9.52. The Bertz CT molecular complexity index is 1020. The lowest BCUT2D eigenvalue weighted by Gasteiger charge is -2.28. The van der Waals surface area contributed by atoms with Gasteiger partial charge in [0.25, 0.3) is 0 Å². The monoisotopic (exact) mass is 416 g/mol. The highest BCUT2D eigenvalue weighted by Crippen LogP contribution is 2.24. The van der Waals surface area contributed by atoms with Crippen LogP contribution in [-0.2, 0) is 11.8 Å². The molecule has 0 unspecified atom stereocenters. The van der Waals surface area contributed by atoms with Gasteiger partial charge in [0.1, 0.15) is 29.1 Å². The van der Waals surface area contributed by atoms with E-state index in [1.165, 1.54) is 0 Å². The summed E-state index contributed by atoms with van der Waals surface area (Å²) in [5.41, 5.74) is 0.0796. The van der Waals surface area contributed by atoms with Crippen LogP contribution < -0.4 is 15.5 Å². The van der Waals surface area contributed by atoms with Crippen LogP contribution in [0.15, 0.2) is 30.9 Å². The van der Waals surface area contributed by atoms with E-state index in [4.69, 9.17) is 4.74 Å². The molecule has 158 valence electrons. The molecular formula is C19H22F2N8O. The van der Waals surface area contributed by atoms with Crippen molar-refractivity contribution in [3.8, 4) is 0 Å². The highest BCUT2D eigenvalue weighted by molar-refractivity contribution is 5.59. The first-order chi connectivity index (χ1) is 14.5. The largest absolute Gasteiger partial charge is 0.378 e. The van der Waals surface area contributed by atoms with Gasteiger partial charge in [-0.1, -0.05) is 0 Å². The Balaban J connectivity index is 1.62. The molecular weight excluding hydrogens is 394 g/mol. The molecule has 9 nitrogen and oxygen atoms in total. The Morgan fingerprint density at radius 3 is 2.60 bits per heavy atom. The van der Waals surface area contributed by atoms with Gasteiger partial charge in [-0.05, 0) is 6.92 Å². The fraction of sp³-hybridized carbons (Fsp3) is 0.368. The first kappa shape index (κ1) is 20.0. The van der Waals surface area contributed by atoms with Crippen molar-refractivity contribution in [1.29, 1.82) is 0 Å². The SMILES string of the molecule is C[C@@H](Nc1nc(Nc2cn(C)cn2)cc(N2CCOCC2)n1)c1ncc(F)cc1F. The van der Waals surface area contributed by atoms with Crippen molar-refractivity contribution in [3.05, 3.63) is 48.2 Å². The van der Waals surface area contributed by atoms with Crippen molar-refractivity contribution < 1.29 is 13.5 Å². The van der Waals surface area contributed by atoms with Gasteiger partial charge in [-0.3, -0.25) is 4.98 Å². The predicted octanol–water partition coefficient (Wildman–Crippen LogP) is 2.64. The van der Waals surface area contributed by atoms with E-state index in [9.17, 15) is 8.78 Å². The second-order valence-electron chi connectivity index (χ2n) is 6.97. The summed E-state index contributed by atoms with van der Waals surface area (Å²) in [6.45, 7) is 4.32. The normalized spacial score (nSPS) is 15.1. The van der Waals surface area contributed by atoms with E-state index in [2.05, 4.69) is 35.5 Å². The number of imidazole rings is 1. The lowest BCUT2D eigenvalue weighted by Crippen LogP contribution is -2.37. The minimum atomic E-state index is -0.730. The van der Waals surface area contributed by atoms with Crippen LogP contribution in [0.1, 0.15) is 18.7 Å². The van der Waals surface area contributed by atoms with Crippen LogP contribution in [0.4, 0.5) is 32.2 Å². The maximum atomic E-state index is 14.1. The maximum Gasteiger partial charge on any atom is 0.227 e. The van der Waals surface area contributed by atoms with Crippen LogP contribution in [0.5, 0.6) is 0 Å². The molecule has 0 radical (unpaired) electrons. The summed E-state index contributed by atoms with van der Waals surface area (Å²) in [6.07, 6.45) is 4.48. The lowest BCUT2D eigenvalue weighted by atomic mass is 10.2. The number of nitrogens with one attached hydrogen (secondary N) is 2. The van der Waals surface area contributed by atoms with Crippen molar-refractivity contribution in [2.45, 2.75) is 13.0 Å². The number of pyridine rings is 1. The number of aromatic nitrogens is 5. The Labute approximate surface area is 172 Å². The molecule has 3 aromatic rings. The Kier molecular flexibility index (Phi) is 5.70. The fourth-order valence-electron chi connectivity index (χ4n) is 3.13. The van der Waals surface area contributed by atoms with Crippen LogP contribution in [0, 0.1) is 11.6 Å². The summed E-state index contributed by atoms with van der Waals surface area (Å²) in [7, 11) is 1.87.